The molecule has 0 saturated carbocycles. The number of esters is 2. The van der Waals surface area contributed by atoms with Crippen LogP contribution in [0, 0.1) is 5.92 Å². The minimum atomic E-state index is -0.547. The largest absolute Gasteiger partial charge is 0.497 e. The highest BCUT2D eigenvalue weighted by atomic mass is 16.6. The number of nitrogens with zero attached hydrogens (tertiary/aromatic N) is 1. The van der Waals surface area contributed by atoms with Crippen molar-refractivity contribution >= 4 is 23.9 Å². The van der Waals surface area contributed by atoms with Crippen molar-refractivity contribution < 1.29 is 28.5 Å². The van der Waals surface area contributed by atoms with Gasteiger partial charge in [0.05, 0.1) is 19.6 Å². The van der Waals surface area contributed by atoms with Crippen LogP contribution in [0.2, 0.25) is 0 Å². The molecule has 0 N–H and O–H groups in total. The normalized spacial score (nSPS) is 14.5. The van der Waals surface area contributed by atoms with Crippen LogP contribution in [0.3, 0.4) is 0 Å². The van der Waals surface area contributed by atoms with Gasteiger partial charge in [0.1, 0.15) is 5.75 Å². The third kappa shape index (κ3) is 4.86. The molecule has 0 aromatic heterocycles. The first-order valence-corrected chi connectivity index (χ1v) is 9.56. The number of hydrogen-bond acceptors (Lipinski definition) is 7. The number of carbonyl (C=O) groups excluding carboxylic acids is 2. The lowest BCUT2D eigenvalue weighted by Crippen LogP contribution is -2.15. The van der Waals surface area contributed by atoms with Gasteiger partial charge < -0.3 is 18.9 Å². The van der Waals surface area contributed by atoms with Crippen LogP contribution in [-0.2, 0) is 14.3 Å². The fourth-order valence-electron chi connectivity index (χ4n) is 2.62. The molecule has 7 heteroatoms. The Balaban J connectivity index is 1.87. The zero-order valence-corrected chi connectivity index (χ0v) is 17.3. The minimum absolute atomic E-state index is 0.162. The molecule has 1 heterocycles. The van der Waals surface area contributed by atoms with E-state index in [-0.39, 0.29) is 23.5 Å². The number of rotatable bonds is 7. The maximum atomic E-state index is 12.3. The van der Waals surface area contributed by atoms with Crippen LogP contribution in [0.4, 0.5) is 0 Å². The van der Waals surface area contributed by atoms with Gasteiger partial charge in [-0.1, -0.05) is 19.9 Å². The molecule has 156 valence electrons. The molecule has 0 saturated heterocycles. The van der Waals surface area contributed by atoms with Crippen LogP contribution in [0.15, 0.2) is 53.2 Å². The van der Waals surface area contributed by atoms with Crippen molar-refractivity contribution in [3.8, 4) is 17.2 Å². The first-order valence-electron chi connectivity index (χ1n) is 9.56. The number of benzene rings is 2. The molecule has 7 nitrogen and oxygen atoms in total. The topological polar surface area (TPSA) is 83.4 Å². The lowest BCUT2D eigenvalue weighted by atomic mass is 10.1. The summed E-state index contributed by atoms with van der Waals surface area (Å²) in [6, 6.07) is 12.1. The van der Waals surface area contributed by atoms with Crippen LogP contribution < -0.4 is 14.2 Å². The molecular formula is C23H23NO6. The Hall–Kier alpha value is -3.61. The molecule has 0 unspecified atom stereocenters. The standard InChI is InChI=1S/C23H23NO6/c1-5-28-20-13-15(6-11-19(20)29-22(25)14(2)3)12-18-23(26)30-21(24-18)16-7-9-17(27-4)10-8-16/h6-14H,5H2,1-4H3. The van der Waals surface area contributed by atoms with Crippen molar-refractivity contribution in [3.05, 3.63) is 59.3 Å². The molecule has 2 aromatic carbocycles. The summed E-state index contributed by atoms with van der Waals surface area (Å²) in [5.41, 5.74) is 1.49. The maximum Gasteiger partial charge on any atom is 0.363 e. The molecule has 0 atom stereocenters. The number of cyclic esters (lactones) is 1. The average molecular weight is 409 g/mol. The zero-order valence-electron chi connectivity index (χ0n) is 17.3. The van der Waals surface area contributed by atoms with Crippen LogP contribution >= 0.6 is 0 Å². The average Bonchev–Trinajstić information content (AvgIpc) is 3.10. The third-order valence-electron chi connectivity index (χ3n) is 4.21. The molecule has 1 aliphatic heterocycles. The molecule has 0 fully saturated rings. The van der Waals surface area contributed by atoms with E-state index in [9.17, 15) is 9.59 Å². The summed E-state index contributed by atoms with van der Waals surface area (Å²) in [4.78, 5) is 28.5. The number of hydrogen-bond donors (Lipinski definition) is 0. The Kier molecular flexibility index (Phi) is 6.51. The zero-order chi connectivity index (χ0) is 21.7. The van der Waals surface area contributed by atoms with E-state index >= 15 is 0 Å². The van der Waals surface area contributed by atoms with Crippen molar-refractivity contribution in [2.45, 2.75) is 20.8 Å². The van der Waals surface area contributed by atoms with E-state index < -0.39 is 5.97 Å². The third-order valence-corrected chi connectivity index (χ3v) is 4.21. The number of methoxy groups -OCH3 is 1. The van der Waals surface area contributed by atoms with Gasteiger partial charge >= 0.3 is 11.9 Å². The second kappa shape index (κ2) is 9.26. The molecule has 0 radical (unpaired) electrons. The highest BCUT2D eigenvalue weighted by molar-refractivity contribution is 6.12. The van der Waals surface area contributed by atoms with Gasteiger partial charge in [-0.2, -0.15) is 0 Å². The number of ether oxygens (including phenoxy) is 4. The van der Waals surface area contributed by atoms with E-state index in [1.54, 1.807) is 69.5 Å². The molecule has 0 bridgehead atoms. The summed E-state index contributed by atoms with van der Waals surface area (Å²) in [6.07, 6.45) is 1.59. The second-order valence-electron chi connectivity index (χ2n) is 6.78. The van der Waals surface area contributed by atoms with Crippen molar-refractivity contribution in [3.63, 3.8) is 0 Å². The minimum Gasteiger partial charge on any atom is -0.497 e. The van der Waals surface area contributed by atoms with Gasteiger partial charge in [-0.3, -0.25) is 4.79 Å². The summed E-state index contributed by atoms with van der Waals surface area (Å²) in [5, 5.41) is 0. The van der Waals surface area contributed by atoms with Crippen LogP contribution in [0.25, 0.3) is 6.08 Å². The molecule has 0 amide bonds. The molecule has 1 aliphatic rings. The Morgan fingerprint density at radius 1 is 1.13 bits per heavy atom. The van der Waals surface area contributed by atoms with Gasteiger partial charge in [0.15, 0.2) is 17.2 Å². The monoisotopic (exact) mass is 409 g/mol. The van der Waals surface area contributed by atoms with Gasteiger partial charge in [-0.15, -0.1) is 0 Å². The van der Waals surface area contributed by atoms with Crippen molar-refractivity contribution in [1.82, 2.24) is 0 Å². The maximum absolute atomic E-state index is 12.3. The molecule has 0 aliphatic carbocycles. The van der Waals surface area contributed by atoms with Crippen molar-refractivity contribution in [2.24, 2.45) is 10.9 Å². The van der Waals surface area contributed by atoms with Crippen LogP contribution in [0.5, 0.6) is 17.2 Å². The van der Waals surface area contributed by atoms with Gasteiger partial charge in [-0.25, -0.2) is 9.79 Å². The summed E-state index contributed by atoms with van der Waals surface area (Å²) in [5.74, 6) is 0.493. The van der Waals surface area contributed by atoms with Crippen LogP contribution in [-0.4, -0.2) is 31.6 Å². The quantitative estimate of drug-likeness (QED) is 0.390. The van der Waals surface area contributed by atoms with Crippen LogP contribution in [0.1, 0.15) is 31.9 Å². The molecule has 2 aromatic rings. The fraction of sp³-hybridized carbons (Fsp3) is 0.261. The SMILES string of the molecule is CCOc1cc(C=C2N=C(c3ccc(OC)cc3)OC2=O)ccc1OC(=O)C(C)C. The lowest BCUT2D eigenvalue weighted by Gasteiger charge is -2.12. The summed E-state index contributed by atoms with van der Waals surface area (Å²) in [7, 11) is 1.58. The van der Waals surface area contributed by atoms with Gasteiger partial charge in [0.25, 0.3) is 0 Å². The lowest BCUT2D eigenvalue weighted by molar-refractivity contribution is -0.138. The van der Waals surface area contributed by atoms with Crippen molar-refractivity contribution in [2.75, 3.05) is 13.7 Å². The Morgan fingerprint density at radius 3 is 2.50 bits per heavy atom. The first kappa shape index (κ1) is 21.1. The van der Waals surface area contributed by atoms with Gasteiger partial charge in [0, 0.05) is 5.56 Å². The first-order chi connectivity index (χ1) is 14.4. The molecule has 3 rings (SSSR count). The fourth-order valence-corrected chi connectivity index (χ4v) is 2.62. The van der Waals surface area contributed by atoms with E-state index in [0.717, 1.165) is 0 Å². The molecule has 0 spiro atoms. The Labute approximate surface area is 174 Å². The van der Waals surface area contributed by atoms with E-state index in [0.29, 0.717) is 35.0 Å². The Bertz CT molecular complexity index is 1000. The van der Waals surface area contributed by atoms with E-state index in [1.807, 2.05) is 6.92 Å². The highest BCUT2D eigenvalue weighted by Crippen LogP contribution is 2.31. The summed E-state index contributed by atoms with van der Waals surface area (Å²) < 4.78 is 21.4. The van der Waals surface area contributed by atoms with E-state index in [1.165, 1.54) is 0 Å². The smallest absolute Gasteiger partial charge is 0.363 e. The van der Waals surface area contributed by atoms with E-state index in [4.69, 9.17) is 18.9 Å². The van der Waals surface area contributed by atoms with Gasteiger partial charge in [-0.05, 0) is 55.0 Å². The predicted molar refractivity (Wildman–Crippen MR) is 112 cm³/mol. The Morgan fingerprint density at radius 2 is 1.87 bits per heavy atom. The summed E-state index contributed by atoms with van der Waals surface area (Å²) in [6.45, 7) is 5.74. The highest BCUT2D eigenvalue weighted by Gasteiger charge is 2.24. The van der Waals surface area contributed by atoms with Crippen molar-refractivity contribution in [1.29, 1.82) is 0 Å². The second-order valence-corrected chi connectivity index (χ2v) is 6.78. The number of carbonyl (C=O) groups is 2. The van der Waals surface area contributed by atoms with E-state index in [2.05, 4.69) is 4.99 Å². The summed E-state index contributed by atoms with van der Waals surface area (Å²) >= 11 is 0. The molecular weight excluding hydrogens is 386 g/mol. The predicted octanol–water partition coefficient (Wildman–Crippen LogP) is 4.00. The number of aliphatic imine (C=N–C) groups is 1. The van der Waals surface area contributed by atoms with Gasteiger partial charge in [0.2, 0.25) is 5.90 Å². The molecule has 30 heavy (non-hydrogen) atoms.